The molecule has 7 nitrogen and oxygen atoms in total. The van der Waals surface area contributed by atoms with Gasteiger partial charge in [-0.3, -0.25) is 0 Å². The zero-order valence-corrected chi connectivity index (χ0v) is 18.2. The molecule has 1 atom stereocenters. The summed E-state index contributed by atoms with van der Waals surface area (Å²) in [5, 5.41) is 0. The van der Waals surface area contributed by atoms with Crippen molar-refractivity contribution >= 4 is 20.0 Å². The van der Waals surface area contributed by atoms with E-state index in [4.69, 9.17) is 0 Å². The molecule has 1 spiro atoms. The van der Waals surface area contributed by atoms with E-state index in [0.717, 1.165) is 0 Å². The Kier molecular flexibility index (Phi) is 5.07. The van der Waals surface area contributed by atoms with E-state index in [1.165, 1.54) is 8.61 Å². The third-order valence-corrected chi connectivity index (χ3v) is 9.66. The maximum Gasteiger partial charge on any atom is 0.244 e. The van der Waals surface area contributed by atoms with Crippen LogP contribution in [0.15, 0.2) is 64.4 Å². The van der Waals surface area contributed by atoms with E-state index in [1.54, 1.807) is 42.5 Å². The lowest BCUT2D eigenvalue weighted by molar-refractivity contribution is 0.194. The van der Waals surface area contributed by atoms with Gasteiger partial charge in [0.2, 0.25) is 20.0 Å². The Bertz CT molecular complexity index is 1120. The van der Waals surface area contributed by atoms with Crippen LogP contribution in [0.4, 0.5) is 0 Å². The monoisotopic (exact) mass is 435 g/mol. The van der Waals surface area contributed by atoms with Crippen molar-refractivity contribution in [1.29, 1.82) is 0 Å². The predicted molar refractivity (Wildman–Crippen MR) is 110 cm³/mol. The molecule has 0 N–H and O–H groups in total. The van der Waals surface area contributed by atoms with Gasteiger partial charge in [-0.05, 0) is 44.3 Å². The zero-order chi connectivity index (χ0) is 20.9. The molecule has 9 heteroatoms. The fourth-order valence-corrected chi connectivity index (χ4v) is 7.88. The van der Waals surface area contributed by atoms with Crippen molar-refractivity contribution in [2.75, 3.05) is 40.3 Å². The van der Waals surface area contributed by atoms with Gasteiger partial charge in [-0.1, -0.05) is 36.4 Å². The van der Waals surface area contributed by atoms with Gasteiger partial charge in [0.25, 0.3) is 0 Å². The number of rotatable bonds is 5. The summed E-state index contributed by atoms with van der Waals surface area (Å²) in [6.45, 7) is 1.26. The van der Waals surface area contributed by atoms with Crippen molar-refractivity contribution in [3.05, 3.63) is 60.2 Å². The second-order valence-electron chi connectivity index (χ2n) is 7.81. The van der Waals surface area contributed by atoms with E-state index >= 15 is 0 Å². The first-order chi connectivity index (χ1) is 13.7. The van der Waals surface area contributed by atoms with Crippen molar-refractivity contribution in [2.24, 2.45) is 0 Å². The summed E-state index contributed by atoms with van der Waals surface area (Å²) in [5.41, 5.74) is -0.169. The van der Waals surface area contributed by atoms with Crippen LogP contribution < -0.4 is 0 Å². The normalized spacial score (nSPS) is 24.4. The molecule has 1 unspecified atom stereocenters. The van der Waals surface area contributed by atoms with Gasteiger partial charge < -0.3 is 4.90 Å². The number of likely N-dealkylation sites (N-methyl/N-ethyl adjacent to an activating group) is 1. The van der Waals surface area contributed by atoms with Crippen LogP contribution in [0.1, 0.15) is 12.0 Å². The SMILES string of the molecule is CN(C)CCN1C2(CCN(S(=O)(=O)c3ccccc3)C2)c2ccccc2S1(=O)=O. The molecule has 0 saturated carbocycles. The van der Waals surface area contributed by atoms with Crippen LogP contribution in [0.2, 0.25) is 0 Å². The summed E-state index contributed by atoms with van der Waals surface area (Å²) in [6.07, 6.45) is 0.433. The van der Waals surface area contributed by atoms with E-state index in [1.807, 2.05) is 31.1 Å². The lowest BCUT2D eigenvalue weighted by Crippen LogP contribution is -2.48. The fourth-order valence-electron chi connectivity index (χ4n) is 4.31. The van der Waals surface area contributed by atoms with Crippen LogP contribution in [0, 0.1) is 0 Å². The third-order valence-electron chi connectivity index (χ3n) is 5.78. The summed E-state index contributed by atoms with van der Waals surface area (Å²) < 4.78 is 55.9. The summed E-state index contributed by atoms with van der Waals surface area (Å²) in [7, 11) is -3.59. The lowest BCUT2D eigenvalue weighted by atomic mass is 9.89. The minimum absolute atomic E-state index is 0.119. The van der Waals surface area contributed by atoms with Gasteiger partial charge in [-0.15, -0.1) is 0 Å². The van der Waals surface area contributed by atoms with Gasteiger partial charge in [0, 0.05) is 26.2 Å². The Balaban J connectivity index is 1.77. The maximum absolute atomic E-state index is 13.3. The Morgan fingerprint density at radius 3 is 2.38 bits per heavy atom. The first-order valence-corrected chi connectivity index (χ1v) is 12.4. The Morgan fingerprint density at radius 2 is 1.69 bits per heavy atom. The summed E-state index contributed by atoms with van der Waals surface area (Å²) >= 11 is 0. The molecule has 0 amide bonds. The number of hydrogen-bond donors (Lipinski definition) is 0. The quantitative estimate of drug-likeness (QED) is 0.712. The molecular weight excluding hydrogens is 410 g/mol. The second kappa shape index (κ2) is 7.17. The number of sulfonamides is 2. The van der Waals surface area contributed by atoms with Gasteiger partial charge >= 0.3 is 0 Å². The van der Waals surface area contributed by atoms with Gasteiger partial charge in [0.05, 0.1) is 15.3 Å². The maximum atomic E-state index is 13.3. The van der Waals surface area contributed by atoms with Crippen LogP contribution in [0.5, 0.6) is 0 Å². The lowest BCUT2D eigenvalue weighted by Gasteiger charge is -2.34. The fraction of sp³-hybridized carbons (Fsp3) is 0.400. The number of benzene rings is 2. The van der Waals surface area contributed by atoms with Crippen molar-refractivity contribution in [2.45, 2.75) is 21.8 Å². The molecule has 0 aliphatic carbocycles. The van der Waals surface area contributed by atoms with Crippen LogP contribution in [-0.4, -0.2) is 70.6 Å². The Hall–Kier alpha value is -1.78. The molecule has 2 aromatic rings. The van der Waals surface area contributed by atoms with E-state index < -0.39 is 25.6 Å². The van der Waals surface area contributed by atoms with Crippen molar-refractivity contribution < 1.29 is 16.8 Å². The van der Waals surface area contributed by atoms with Gasteiger partial charge in [-0.25, -0.2) is 16.8 Å². The minimum atomic E-state index is -3.70. The molecule has 0 bridgehead atoms. The van der Waals surface area contributed by atoms with Gasteiger partial charge in [0.15, 0.2) is 0 Å². The molecular formula is C20H25N3O4S2. The third kappa shape index (κ3) is 3.21. The van der Waals surface area contributed by atoms with Crippen LogP contribution >= 0.6 is 0 Å². The smallest absolute Gasteiger partial charge is 0.244 e. The van der Waals surface area contributed by atoms with Crippen LogP contribution in [0.25, 0.3) is 0 Å². The molecule has 4 rings (SSSR count). The van der Waals surface area contributed by atoms with Gasteiger partial charge in [-0.2, -0.15) is 8.61 Å². The molecule has 1 fully saturated rings. The molecule has 2 heterocycles. The summed E-state index contributed by atoms with van der Waals surface area (Å²) in [4.78, 5) is 2.45. The highest BCUT2D eigenvalue weighted by Gasteiger charge is 2.58. The largest absolute Gasteiger partial charge is 0.308 e. The molecule has 0 aromatic heterocycles. The van der Waals surface area contributed by atoms with Crippen molar-refractivity contribution in [3.63, 3.8) is 0 Å². The average molecular weight is 436 g/mol. The first-order valence-electron chi connectivity index (χ1n) is 9.52. The summed E-state index contributed by atoms with van der Waals surface area (Å²) in [6, 6.07) is 15.3. The van der Waals surface area contributed by atoms with Gasteiger partial charge in [0.1, 0.15) is 0 Å². The molecule has 0 radical (unpaired) electrons. The highest BCUT2D eigenvalue weighted by molar-refractivity contribution is 7.89. The van der Waals surface area contributed by atoms with E-state index in [9.17, 15) is 16.8 Å². The van der Waals surface area contributed by atoms with Crippen molar-refractivity contribution in [3.8, 4) is 0 Å². The minimum Gasteiger partial charge on any atom is -0.308 e. The average Bonchev–Trinajstić information content (AvgIpc) is 3.22. The molecule has 2 aliphatic heterocycles. The van der Waals surface area contributed by atoms with Crippen LogP contribution in [0.3, 0.4) is 0 Å². The standard InChI is InChI=1S/C20H25N3O4S2/c1-21(2)14-15-23-20(18-10-6-7-11-19(18)29(23,26)27)12-13-22(16-20)28(24,25)17-8-4-3-5-9-17/h3-11H,12-16H2,1-2H3. The predicted octanol–water partition coefficient (Wildman–Crippen LogP) is 1.54. The van der Waals surface area contributed by atoms with Crippen molar-refractivity contribution in [1.82, 2.24) is 13.5 Å². The van der Waals surface area contributed by atoms with E-state index in [0.29, 0.717) is 25.1 Å². The zero-order valence-electron chi connectivity index (χ0n) is 16.5. The number of hydrogen-bond acceptors (Lipinski definition) is 5. The Morgan fingerprint density at radius 1 is 1.03 bits per heavy atom. The van der Waals surface area contributed by atoms with Crippen LogP contribution in [-0.2, 0) is 25.6 Å². The first kappa shape index (κ1) is 20.5. The highest BCUT2D eigenvalue weighted by atomic mass is 32.2. The topological polar surface area (TPSA) is 78.0 Å². The molecule has 29 heavy (non-hydrogen) atoms. The molecule has 2 aromatic carbocycles. The molecule has 156 valence electrons. The Labute approximate surface area is 172 Å². The van der Waals surface area contributed by atoms with E-state index in [2.05, 4.69) is 0 Å². The van der Waals surface area contributed by atoms with E-state index in [-0.39, 0.29) is 22.9 Å². The molecule has 2 aliphatic rings. The molecule has 1 saturated heterocycles. The number of fused-ring (bicyclic) bond motifs is 2. The second-order valence-corrected chi connectivity index (χ2v) is 11.6. The number of nitrogens with zero attached hydrogens (tertiary/aromatic N) is 3. The summed E-state index contributed by atoms with van der Waals surface area (Å²) in [5.74, 6) is 0. The highest BCUT2D eigenvalue weighted by Crippen LogP contribution is 2.49.